The van der Waals surface area contributed by atoms with Crippen molar-refractivity contribution in [3.8, 4) is 11.5 Å². The van der Waals surface area contributed by atoms with Crippen molar-refractivity contribution < 1.29 is 47.6 Å². The SMILES string of the molecule is COc1ccccc1O[C@H]1O[C@@H](COC(C)=O)[C@@H](OC(C)=O)[C@H](OC(C)=O)[C@@H]1NC(C)=O. The molecule has 5 atom stereocenters. The summed E-state index contributed by atoms with van der Waals surface area (Å²) in [6, 6.07) is 5.65. The van der Waals surface area contributed by atoms with Crippen molar-refractivity contribution in [2.24, 2.45) is 0 Å². The zero-order valence-corrected chi connectivity index (χ0v) is 18.5. The van der Waals surface area contributed by atoms with Gasteiger partial charge in [0.2, 0.25) is 12.2 Å². The van der Waals surface area contributed by atoms with E-state index >= 15 is 0 Å². The summed E-state index contributed by atoms with van der Waals surface area (Å²) in [6.45, 7) is 4.48. The van der Waals surface area contributed by atoms with Crippen LogP contribution in [0.25, 0.3) is 0 Å². The molecule has 2 rings (SSSR count). The second-order valence-electron chi connectivity index (χ2n) is 6.99. The van der Waals surface area contributed by atoms with Crippen molar-refractivity contribution in [3.63, 3.8) is 0 Å². The largest absolute Gasteiger partial charge is 0.493 e. The number of amides is 1. The molecule has 0 unspecified atom stereocenters. The van der Waals surface area contributed by atoms with Gasteiger partial charge in [0.1, 0.15) is 18.8 Å². The number of benzene rings is 1. The highest BCUT2D eigenvalue weighted by molar-refractivity contribution is 5.73. The summed E-state index contributed by atoms with van der Waals surface area (Å²) in [7, 11) is 1.46. The van der Waals surface area contributed by atoms with Crippen LogP contribution < -0.4 is 14.8 Å². The summed E-state index contributed by atoms with van der Waals surface area (Å²) in [5, 5.41) is 2.63. The summed E-state index contributed by atoms with van der Waals surface area (Å²) in [5.74, 6) is -1.76. The fraction of sp³-hybridized carbons (Fsp3) is 0.524. The lowest BCUT2D eigenvalue weighted by atomic mass is 9.96. The lowest BCUT2D eigenvalue weighted by molar-refractivity contribution is -0.257. The van der Waals surface area contributed by atoms with E-state index < -0.39 is 54.5 Å². The molecule has 176 valence electrons. The Balaban J connectivity index is 2.48. The van der Waals surface area contributed by atoms with Gasteiger partial charge in [-0.3, -0.25) is 19.2 Å². The first-order chi connectivity index (χ1) is 15.1. The molecule has 11 nitrogen and oxygen atoms in total. The monoisotopic (exact) mass is 453 g/mol. The van der Waals surface area contributed by atoms with E-state index in [9.17, 15) is 19.2 Å². The molecule has 1 aliphatic heterocycles. The quantitative estimate of drug-likeness (QED) is 0.443. The van der Waals surface area contributed by atoms with E-state index in [1.54, 1.807) is 24.3 Å². The molecule has 1 N–H and O–H groups in total. The Labute approximate surface area is 185 Å². The third kappa shape index (κ3) is 6.84. The van der Waals surface area contributed by atoms with E-state index in [0.717, 1.165) is 0 Å². The number of hydrogen-bond acceptors (Lipinski definition) is 10. The molecule has 1 saturated heterocycles. The van der Waals surface area contributed by atoms with Crippen molar-refractivity contribution >= 4 is 23.8 Å². The minimum absolute atomic E-state index is 0.286. The first kappa shape index (κ1) is 24.9. The maximum absolute atomic E-state index is 11.9. The smallest absolute Gasteiger partial charge is 0.303 e. The second kappa shape index (κ2) is 11.3. The van der Waals surface area contributed by atoms with Crippen LogP contribution in [0.3, 0.4) is 0 Å². The standard InChI is InChI=1S/C21H27NO10/c1-11(23)22-18-20(30-14(4)26)19(29-13(3)25)17(10-28-12(2)24)32-21(18)31-16-9-7-6-8-15(16)27-5/h6-9,17-21H,10H2,1-5H3,(H,22,23)/t17-,18-,19+,20+,21-/m0/s1. The van der Waals surface area contributed by atoms with Gasteiger partial charge in [-0.1, -0.05) is 12.1 Å². The lowest BCUT2D eigenvalue weighted by Gasteiger charge is -2.44. The molecule has 11 heteroatoms. The minimum Gasteiger partial charge on any atom is -0.493 e. The summed E-state index contributed by atoms with van der Waals surface area (Å²) in [5.41, 5.74) is 0. The lowest BCUT2D eigenvalue weighted by Crippen LogP contribution is -2.67. The minimum atomic E-state index is -1.22. The number of para-hydroxylation sites is 2. The number of ether oxygens (including phenoxy) is 6. The number of carbonyl (C=O) groups is 4. The van der Waals surface area contributed by atoms with Crippen LogP contribution in [0.2, 0.25) is 0 Å². The van der Waals surface area contributed by atoms with Crippen LogP contribution in [-0.4, -0.2) is 68.2 Å². The van der Waals surface area contributed by atoms with E-state index in [0.29, 0.717) is 5.75 Å². The molecule has 1 aliphatic rings. The van der Waals surface area contributed by atoms with Crippen LogP contribution in [0.15, 0.2) is 24.3 Å². The molecular formula is C21H27NO10. The highest BCUT2D eigenvalue weighted by Gasteiger charge is 2.52. The Morgan fingerprint density at radius 3 is 2.03 bits per heavy atom. The molecule has 1 aromatic rings. The number of rotatable bonds is 8. The molecular weight excluding hydrogens is 426 g/mol. The summed E-state index contributed by atoms with van der Waals surface area (Å²) >= 11 is 0. The summed E-state index contributed by atoms with van der Waals surface area (Å²) in [6.07, 6.45) is -4.66. The summed E-state index contributed by atoms with van der Waals surface area (Å²) < 4.78 is 33.0. The van der Waals surface area contributed by atoms with Crippen molar-refractivity contribution in [1.29, 1.82) is 0 Å². The van der Waals surface area contributed by atoms with Gasteiger partial charge in [0.15, 0.2) is 23.7 Å². The Morgan fingerprint density at radius 1 is 0.906 bits per heavy atom. The van der Waals surface area contributed by atoms with Gasteiger partial charge in [0.25, 0.3) is 0 Å². The average Bonchev–Trinajstić information content (AvgIpc) is 2.70. The molecule has 0 spiro atoms. The van der Waals surface area contributed by atoms with Gasteiger partial charge in [-0.05, 0) is 12.1 Å². The van der Waals surface area contributed by atoms with Crippen molar-refractivity contribution in [2.45, 2.75) is 58.3 Å². The Morgan fingerprint density at radius 2 is 1.50 bits per heavy atom. The maximum atomic E-state index is 11.9. The van der Waals surface area contributed by atoms with Crippen molar-refractivity contribution in [3.05, 3.63) is 24.3 Å². The number of hydrogen-bond donors (Lipinski definition) is 1. The Hall–Kier alpha value is -3.34. The molecule has 0 bridgehead atoms. The Kier molecular flexibility index (Phi) is 8.82. The van der Waals surface area contributed by atoms with Crippen molar-refractivity contribution in [2.75, 3.05) is 13.7 Å². The van der Waals surface area contributed by atoms with Crippen LogP contribution in [0, 0.1) is 0 Å². The zero-order chi connectivity index (χ0) is 23.8. The number of methoxy groups -OCH3 is 1. The van der Waals surface area contributed by atoms with Gasteiger partial charge in [0.05, 0.1) is 7.11 Å². The van der Waals surface area contributed by atoms with Crippen LogP contribution in [-0.2, 0) is 38.1 Å². The molecule has 1 fully saturated rings. The third-order valence-corrected chi connectivity index (χ3v) is 4.38. The van der Waals surface area contributed by atoms with Gasteiger partial charge in [-0.15, -0.1) is 0 Å². The van der Waals surface area contributed by atoms with Gasteiger partial charge >= 0.3 is 17.9 Å². The number of carbonyl (C=O) groups excluding carboxylic acids is 4. The van der Waals surface area contributed by atoms with E-state index in [1.807, 2.05) is 0 Å². The molecule has 0 aliphatic carbocycles. The normalized spacial score (nSPS) is 24.6. The van der Waals surface area contributed by atoms with E-state index in [4.69, 9.17) is 28.4 Å². The van der Waals surface area contributed by atoms with Gasteiger partial charge in [-0.25, -0.2) is 0 Å². The third-order valence-electron chi connectivity index (χ3n) is 4.38. The van der Waals surface area contributed by atoms with Crippen molar-refractivity contribution in [1.82, 2.24) is 5.32 Å². The first-order valence-corrected chi connectivity index (χ1v) is 9.82. The zero-order valence-electron chi connectivity index (χ0n) is 18.5. The van der Waals surface area contributed by atoms with E-state index in [-0.39, 0.29) is 12.4 Å². The van der Waals surface area contributed by atoms with Crippen LogP contribution in [0.4, 0.5) is 0 Å². The van der Waals surface area contributed by atoms with Gasteiger partial charge < -0.3 is 33.7 Å². The number of esters is 3. The second-order valence-corrected chi connectivity index (χ2v) is 6.99. The number of nitrogens with one attached hydrogen (secondary N) is 1. The molecule has 0 aromatic heterocycles. The van der Waals surface area contributed by atoms with Gasteiger partial charge in [0, 0.05) is 27.7 Å². The average molecular weight is 453 g/mol. The van der Waals surface area contributed by atoms with Crippen LogP contribution in [0.5, 0.6) is 11.5 Å². The fourth-order valence-electron chi connectivity index (χ4n) is 3.23. The maximum Gasteiger partial charge on any atom is 0.303 e. The highest BCUT2D eigenvalue weighted by Crippen LogP contribution is 2.32. The molecule has 1 aromatic carbocycles. The summed E-state index contributed by atoms with van der Waals surface area (Å²) in [4.78, 5) is 46.9. The molecule has 1 heterocycles. The Bertz CT molecular complexity index is 842. The molecule has 1 amide bonds. The molecule has 0 saturated carbocycles. The van der Waals surface area contributed by atoms with Crippen LogP contribution in [0.1, 0.15) is 27.7 Å². The fourth-order valence-corrected chi connectivity index (χ4v) is 3.23. The molecule has 32 heavy (non-hydrogen) atoms. The highest BCUT2D eigenvalue weighted by atomic mass is 16.7. The van der Waals surface area contributed by atoms with Gasteiger partial charge in [-0.2, -0.15) is 0 Å². The molecule has 0 radical (unpaired) electrons. The van der Waals surface area contributed by atoms with E-state index in [2.05, 4.69) is 5.32 Å². The predicted octanol–water partition coefficient (Wildman–Crippen LogP) is 0.730. The first-order valence-electron chi connectivity index (χ1n) is 9.82. The van der Waals surface area contributed by atoms with E-state index in [1.165, 1.54) is 34.8 Å². The predicted molar refractivity (Wildman–Crippen MR) is 108 cm³/mol. The van der Waals surface area contributed by atoms with Crippen LogP contribution >= 0.6 is 0 Å². The topological polar surface area (TPSA) is 136 Å².